The first-order chi connectivity index (χ1) is 9.78. The van der Waals surface area contributed by atoms with Crippen LogP contribution >= 0.6 is 0 Å². The maximum Gasteiger partial charge on any atom is 0.125 e. The van der Waals surface area contributed by atoms with Crippen molar-refractivity contribution in [3.63, 3.8) is 0 Å². The molecule has 98 valence electrons. The lowest BCUT2D eigenvalue weighted by molar-refractivity contribution is 0.842. The number of aliphatic imine (C=N–C) groups is 2. The first-order valence-electron chi connectivity index (χ1n) is 6.50. The van der Waals surface area contributed by atoms with Crippen LogP contribution in [0, 0.1) is 19.3 Å². The molecule has 2 aromatic carbocycles. The zero-order valence-corrected chi connectivity index (χ0v) is 11.5. The zero-order chi connectivity index (χ0) is 14.2. The fraction of sp³-hybridized carbons (Fsp3) is 0.167. The van der Waals surface area contributed by atoms with Crippen LogP contribution in [0.25, 0.3) is 0 Å². The Bertz CT molecular complexity index is 642. The zero-order valence-electron chi connectivity index (χ0n) is 11.5. The molecule has 0 aliphatic carbocycles. The molecule has 2 aromatic rings. The van der Waals surface area contributed by atoms with Gasteiger partial charge in [-0.15, -0.1) is 6.42 Å². The number of rotatable bonds is 4. The van der Waals surface area contributed by atoms with Crippen LogP contribution in [0.15, 0.2) is 64.6 Å². The van der Waals surface area contributed by atoms with Gasteiger partial charge in [-0.2, -0.15) is 4.99 Å². The first kappa shape index (κ1) is 13.8. The Kier molecular flexibility index (Phi) is 4.89. The second kappa shape index (κ2) is 7.09. The van der Waals surface area contributed by atoms with Crippen molar-refractivity contribution >= 4 is 11.7 Å². The fourth-order valence-electron chi connectivity index (χ4n) is 1.75. The van der Waals surface area contributed by atoms with E-state index in [1.165, 1.54) is 5.56 Å². The minimum atomic E-state index is -0.230. The normalized spacial score (nSPS) is 11.0. The number of aryl methyl sites for hydroxylation is 1. The van der Waals surface area contributed by atoms with Gasteiger partial charge in [-0.05, 0) is 24.6 Å². The summed E-state index contributed by atoms with van der Waals surface area (Å²) in [7, 11) is 0. The summed E-state index contributed by atoms with van der Waals surface area (Å²) in [4.78, 5) is 8.37. The third-order valence-corrected chi connectivity index (χ3v) is 2.89. The largest absolute Gasteiger partial charge is 0.208 e. The monoisotopic (exact) mass is 260 g/mol. The highest BCUT2D eigenvalue weighted by Gasteiger charge is 2.02. The molecule has 1 atom stereocenters. The van der Waals surface area contributed by atoms with Crippen LogP contribution in [0.1, 0.15) is 11.1 Å². The number of hydrogen-bond donors (Lipinski definition) is 0. The summed E-state index contributed by atoms with van der Waals surface area (Å²) in [6, 6.07) is 20.4. The molecule has 2 rings (SSSR count). The summed E-state index contributed by atoms with van der Waals surface area (Å²) in [5, 5.41) is 0. The number of terminal acetylenes is 1. The molecule has 0 spiro atoms. The Morgan fingerprint density at radius 3 is 2.40 bits per heavy atom. The molecule has 0 heterocycles. The third kappa shape index (κ3) is 4.24. The van der Waals surface area contributed by atoms with E-state index >= 15 is 0 Å². The molecule has 2 nitrogen and oxygen atoms in total. The highest BCUT2D eigenvalue weighted by Crippen LogP contribution is 2.11. The topological polar surface area (TPSA) is 24.7 Å². The molecule has 20 heavy (non-hydrogen) atoms. The van der Waals surface area contributed by atoms with Gasteiger partial charge in [0.15, 0.2) is 0 Å². The Morgan fingerprint density at radius 2 is 1.75 bits per heavy atom. The van der Waals surface area contributed by atoms with Gasteiger partial charge in [-0.1, -0.05) is 53.9 Å². The first-order valence-corrected chi connectivity index (χ1v) is 6.50. The van der Waals surface area contributed by atoms with E-state index in [0.717, 1.165) is 11.3 Å². The molecule has 0 aromatic heterocycles. The predicted molar refractivity (Wildman–Crippen MR) is 83.5 cm³/mol. The Hall–Kier alpha value is -2.62. The van der Waals surface area contributed by atoms with Crippen LogP contribution in [0.5, 0.6) is 0 Å². The quantitative estimate of drug-likeness (QED) is 0.585. The van der Waals surface area contributed by atoms with Crippen LogP contribution in [-0.2, 0) is 6.42 Å². The van der Waals surface area contributed by atoms with Gasteiger partial charge >= 0.3 is 0 Å². The summed E-state index contributed by atoms with van der Waals surface area (Å²) in [6.07, 6.45) is 6.20. The van der Waals surface area contributed by atoms with Crippen molar-refractivity contribution in [2.75, 3.05) is 0 Å². The Morgan fingerprint density at radius 1 is 1.05 bits per heavy atom. The predicted octanol–water partition coefficient (Wildman–Crippen LogP) is 4.04. The molecule has 2 heteroatoms. The molecule has 0 aliphatic rings. The van der Waals surface area contributed by atoms with Crippen molar-refractivity contribution in [3.8, 4) is 12.3 Å². The van der Waals surface area contributed by atoms with Gasteiger partial charge in [0.05, 0.1) is 11.7 Å². The average Bonchev–Trinajstić information content (AvgIpc) is 2.49. The highest BCUT2D eigenvalue weighted by molar-refractivity contribution is 5.53. The third-order valence-electron chi connectivity index (χ3n) is 2.89. The summed E-state index contributed by atoms with van der Waals surface area (Å²) in [6.45, 7) is 2.04. The van der Waals surface area contributed by atoms with Gasteiger partial charge in [-0.3, -0.25) is 0 Å². The second-order valence-corrected chi connectivity index (χ2v) is 4.55. The van der Waals surface area contributed by atoms with Gasteiger partial charge in [0.2, 0.25) is 0 Å². The summed E-state index contributed by atoms with van der Waals surface area (Å²) in [5.41, 5.74) is 3.19. The lowest BCUT2D eigenvalue weighted by Crippen LogP contribution is -2.04. The minimum Gasteiger partial charge on any atom is -0.208 e. The average molecular weight is 260 g/mol. The molecule has 0 bridgehead atoms. The van der Waals surface area contributed by atoms with E-state index in [0.29, 0.717) is 6.42 Å². The lowest BCUT2D eigenvalue weighted by Gasteiger charge is -2.02. The van der Waals surface area contributed by atoms with Crippen molar-refractivity contribution in [2.45, 2.75) is 19.4 Å². The molecule has 0 aliphatic heterocycles. The van der Waals surface area contributed by atoms with Crippen LogP contribution in [0.4, 0.5) is 5.69 Å². The highest BCUT2D eigenvalue weighted by atomic mass is 14.8. The van der Waals surface area contributed by atoms with Gasteiger partial charge in [0, 0.05) is 6.42 Å². The molecular weight excluding hydrogens is 244 g/mol. The molecule has 0 saturated carbocycles. The second-order valence-electron chi connectivity index (χ2n) is 4.55. The molecule has 1 unspecified atom stereocenters. The molecule has 0 amide bonds. The van der Waals surface area contributed by atoms with Crippen molar-refractivity contribution < 1.29 is 0 Å². The van der Waals surface area contributed by atoms with E-state index in [1.807, 2.05) is 61.5 Å². The number of nitrogens with zero attached hydrogens (tertiary/aromatic N) is 2. The molecule has 0 radical (unpaired) electrons. The van der Waals surface area contributed by atoms with E-state index in [-0.39, 0.29) is 6.04 Å². The van der Waals surface area contributed by atoms with Gasteiger partial charge in [0.1, 0.15) is 6.04 Å². The minimum absolute atomic E-state index is 0.230. The van der Waals surface area contributed by atoms with Crippen LogP contribution in [-0.4, -0.2) is 12.1 Å². The van der Waals surface area contributed by atoms with E-state index in [9.17, 15) is 0 Å². The number of benzene rings is 2. The maximum atomic E-state index is 5.49. The van der Waals surface area contributed by atoms with E-state index in [2.05, 4.69) is 21.9 Å². The van der Waals surface area contributed by atoms with E-state index in [1.54, 1.807) is 0 Å². The van der Waals surface area contributed by atoms with Crippen LogP contribution < -0.4 is 0 Å². The fourth-order valence-corrected chi connectivity index (χ4v) is 1.75. The van der Waals surface area contributed by atoms with Gasteiger partial charge in [-0.25, -0.2) is 4.99 Å². The Balaban J connectivity index is 2.04. The maximum absolute atomic E-state index is 5.49. The van der Waals surface area contributed by atoms with Crippen molar-refractivity contribution in [3.05, 3.63) is 65.7 Å². The summed E-state index contributed by atoms with van der Waals surface area (Å²) < 4.78 is 0. The van der Waals surface area contributed by atoms with Crippen LogP contribution in [0.2, 0.25) is 0 Å². The van der Waals surface area contributed by atoms with Gasteiger partial charge in [0.25, 0.3) is 0 Å². The molecule has 0 N–H and O–H groups in total. The van der Waals surface area contributed by atoms with Crippen LogP contribution in [0.3, 0.4) is 0 Å². The molecule has 0 saturated heterocycles. The SMILES string of the molecule is C#CC(Cc1ccccc1)N=C=Nc1ccc(C)cc1. The van der Waals surface area contributed by atoms with Crippen molar-refractivity contribution in [1.29, 1.82) is 0 Å². The lowest BCUT2D eigenvalue weighted by atomic mass is 10.1. The molecule has 0 fully saturated rings. The van der Waals surface area contributed by atoms with E-state index < -0.39 is 0 Å². The number of hydrogen-bond acceptors (Lipinski definition) is 2. The van der Waals surface area contributed by atoms with Crippen molar-refractivity contribution in [1.82, 2.24) is 0 Å². The summed E-state index contributed by atoms with van der Waals surface area (Å²) in [5.74, 6) is 2.66. The Labute approximate surface area is 119 Å². The summed E-state index contributed by atoms with van der Waals surface area (Å²) >= 11 is 0. The van der Waals surface area contributed by atoms with Crippen molar-refractivity contribution in [2.24, 2.45) is 9.98 Å². The van der Waals surface area contributed by atoms with E-state index in [4.69, 9.17) is 6.42 Å². The smallest absolute Gasteiger partial charge is 0.125 e. The van der Waals surface area contributed by atoms with Gasteiger partial charge < -0.3 is 0 Å². The molecular formula is C18H16N2. The standard InChI is InChI=1S/C18H16N2/c1-3-17(13-16-7-5-4-6-8-16)19-14-20-18-11-9-15(2)10-12-18/h1,4-12,17H,13H2,2H3.